The third-order valence-corrected chi connectivity index (χ3v) is 3.48. The highest BCUT2D eigenvalue weighted by molar-refractivity contribution is 5.81. The fourth-order valence-corrected chi connectivity index (χ4v) is 2.43. The van der Waals surface area contributed by atoms with Crippen LogP contribution in [0.25, 0.3) is 22.4 Å². The van der Waals surface area contributed by atoms with Gasteiger partial charge in [-0.25, -0.2) is 9.78 Å². The summed E-state index contributed by atoms with van der Waals surface area (Å²) in [5, 5.41) is 0. The quantitative estimate of drug-likeness (QED) is 0.704. The standard InChI is InChI=1S/C18H18N2O4/c1-3-23-16(21)11-24-17-12(7-6-10-15(17)22-2)18-19-13-8-4-5-9-14(13)20-18/h4-10H,3,11H2,1-2H3,(H,19,20). The molecular formula is C18H18N2O4. The Morgan fingerprint density at radius 3 is 2.75 bits per heavy atom. The fourth-order valence-electron chi connectivity index (χ4n) is 2.43. The van der Waals surface area contributed by atoms with Gasteiger partial charge in [0.15, 0.2) is 18.1 Å². The molecule has 1 N–H and O–H groups in total. The number of methoxy groups -OCH3 is 1. The van der Waals surface area contributed by atoms with Crippen LogP contribution in [0.2, 0.25) is 0 Å². The van der Waals surface area contributed by atoms with Gasteiger partial charge >= 0.3 is 5.97 Å². The molecule has 0 atom stereocenters. The van der Waals surface area contributed by atoms with Gasteiger partial charge in [-0.1, -0.05) is 18.2 Å². The fraction of sp³-hybridized carbons (Fsp3) is 0.222. The molecule has 24 heavy (non-hydrogen) atoms. The minimum Gasteiger partial charge on any atom is -0.493 e. The maximum Gasteiger partial charge on any atom is 0.344 e. The number of imidazole rings is 1. The van der Waals surface area contributed by atoms with Crippen LogP contribution in [0.5, 0.6) is 11.5 Å². The van der Waals surface area contributed by atoms with Gasteiger partial charge < -0.3 is 19.2 Å². The highest BCUT2D eigenvalue weighted by Gasteiger charge is 2.17. The molecule has 0 bridgehead atoms. The van der Waals surface area contributed by atoms with E-state index in [0.29, 0.717) is 23.9 Å². The molecule has 0 aliphatic heterocycles. The number of para-hydroxylation sites is 3. The van der Waals surface area contributed by atoms with Crippen LogP contribution < -0.4 is 9.47 Å². The first kappa shape index (κ1) is 15.9. The van der Waals surface area contributed by atoms with E-state index in [1.54, 1.807) is 20.1 Å². The summed E-state index contributed by atoms with van der Waals surface area (Å²) in [6.45, 7) is 1.87. The predicted molar refractivity (Wildman–Crippen MR) is 90.2 cm³/mol. The molecule has 0 fully saturated rings. The number of hydrogen-bond donors (Lipinski definition) is 1. The molecular weight excluding hydrogens is 308 g/mol. The lowest BCUT2D eigenvalue weighted by Gasteiger charge is -2.13. The molecule has 0 spiro atoms. The number of carbonyl (C=O) groups excluding carboxylic acids is 1. The zero-order valence-electron chi connectivity index (χ0n) is 13.5. The summed E-state index contributed by atoms with van der Waals surface area (Å²) in [5.74, 6) is 1.19. The number of hydrogen-bond acceptors (Lipinski definition) is 5. The van der Waals surface area contributed by atoms with Crippen LogP contribution in [0.15, 0.2) is 42.5 Å². The van der Waals surface area contributed by atoms with Crippen molar-refractivity contribution in [3.05, 3.63) is 42.5 Å². The van der Waals surface area contributed by atoms with Gasteiger partial charge in [0.2, 0.25) is 0 Å². The molecule has 0 saturated heterocycles. The molecule has 124 valence electrons. The van der Waals surface area contributed by atoms with Crippen molar-refractivity contribution in [1.29, 1.82) is 0 Å². The molecule has 2 aromatic carbocycles. The van der Waals surface area contributed by atoms with Crippen LogP contribution in [0.4, 0.5) is 0 Å². The summed E-state index contributed by atoms with van der Waals surface area (Å²) >= 11 is 0. The Morgan fingerprint density at radius 2 is 2.00 bits per heavy atom. The summed E-state index contributed by atoms with van der Waals surface area (Å²) in [6.07, 6.45) is 0. The van der Waals surface area contributed by atoms with Crippen LogP contribution in [-0.2, 0) is 9.53 Å². The number of nitrogens with one attached hydrogen (secondary N) is 1. The second-order valence-corrected chi connectivity index (χ2v) is 5.03. The molecule has 0 saturated carbocycles. The lowest BCUT2D eigenvalue weighted by atomic mass is 10.1. The van der Waals surface area contributed by atoms with E-state index in [-0.39, 0.29) is 6.61 Å². The number of carbonyl (C=O) groups is 1. The van der Waals surface area contributed by atoms with Gasteiger partial charge in [-0.2, -0.15) is 0 Å². The lowest BCUT2D eigenvalue weighted by molar-refractivity contribution is -0.145. The Bertz CT molecular complexity index is 824. The topological polar surface area (TPSA) is 73.4 Å². The zero-order chi connectivity index (χ0) is 16.9. The van der Waals surface area contributed by atoms with Crippen molar-refractivity contribution >= 4 is 17.0 Å². The minimum absolute atomic E-state index is 0.193. The van der Waals surface area contributed by atoms with Crippen LogP contribution >= 0.6 is 0 Å². The Hall–Kier alpha value is -3.02. The average molecular weight is 326 g/mol. The summed E-state index contributed by atoms with van der Waals surface area (Å²) in [4.78, 5) is 19.4. The predicted octanol–water partition coefficient (Wildman–Crippen LogP) is 3.18. The molecule has 3 aromatic rings. The number of rotatable bonds is 6. The first-order valence-electron chi connectivity index (χ1n) is 7.63. The highest BCUT2D eigenvalue weighted by atomic mass is 16.6. The molecule has 0 unspecified atom stereocenters. The molecule has 6 nitrogen and oxygen atoms in total. The Morgan fingerprint density at radius 1 is 1.17 bits per heavy atom. The SMILES string of the molecule is CCOC(=O)COc1c(OC)cccc1-c1nc2ccccc2[nH]1. The van der Waals surface area contributed by atoms with Crippen molar-refractivity contribution in [3.63, 3.8) is 0 Å². The van der Waals surface area contributed by atoms with Crippen molar-refractivity contribution in [2.24, 2.45) is 0 Å². The van der Waals surface area contributed by atoms with Gasteiger partial charge in [0.25, 0.3) is 0 Å². The zero-order valence-corrected chi connectivity index (χ0v) is 13.5. The van der Waals surface area contributed by atoms with Gasteiger partial charge in [-0.05, 0) is 31.2 Å². The number of H-pyrrole nitrogens is 1. The molecule has 0 amide bonds. The van der Waals surface area contributed by atoms with Gasteiger partial charge in [0, 0.05) is 0 Å². The normalized spacial score (nSPS) is 10.6. The van der Waals surface area contributed by atoms with Gasteiger partial charge in [0.1, 0.15) is 5.82 Å². The van der Waals surface area contributed by atoms with Crippen molar-refractivity contribution in [1.82, 2.24) is 9.97 Å². The van der Waals surface area contributed by atoms with Crippen molar-refractivity contribution in [2.75, 3.05) is 20.3 Å². The van der Waals surface area contributed by atoms with Gasteiger partial charge in [-0.3, -0.25) is 0 Å². The van der Waals surface area contributed by atoms with E-state index in [1.807, 2.05) is 36.4 Å². The third-order valence-electron chi connectivity index (χ3n) is 3.48. The molecule has 0 radical (unpaired) electrons. The van der Waals surface area contributed by atoms with Crippen molar-refractivity contribution in [3.8, 4) is 22.9 Å². The number of nitrogens with zero attached hydrogens (tertiary/aromatic N) is 1. The molecule has 6 heteroatoms. The minimum atomic E-state index is -0.432. The summed E-state index contributed by atoms with van der Waals surface area (Å²) < 4.78 is 15.9. The first-order chi connectivity index (χ1) is 11.7. The van der Waals surface area contributed by atoms with Crippen LogP contribution in [0, 0.1) is 0 Å². The van der Waals surface area contributed by atoms with Crippen LogP contribution in [0.1, 0.15) is 6.92 Å². The van der Waals surface area contributed by atoms with E-state index in [0.717, 1.165) is 16.6 Å². The van der Waals surface area contributed by atoms with E-state index in [1.165, 1.54) is 0 Å². The molecule has 1 aromatic heterocycles. The first-order valence-corrected chi connectivity index (χ1v) is 7.63. The largest absolute Gasteiger partial charge is 0.493 e. The second kappa shape index (κ2) is 7.04. The molecule has 0 aliphatic rings. The van der Waals surface area contributed by atoms with Crippen LogP contribution in [0.3, 0.4) is 0 Å². The Balaban J connectivity index is 1.98. The third kappa shape index (κ3) is 3.17. The summed E-state index contributed by atoms with van der Waals surface area (Å²) in [5.41, 5.74) is 2.49. The number of aromatic nitrogens is 2. The second-order valence-electron chi connectivity index (χ2n) is 5.03. The molecule has 0 aliphatic carbocycles. The summed E-state index contributed by atoms with van der Waals surface area (Å²) in [7, 11) is 1.55. The van der Waals surface area contributed by atoms with E-state index in [4.69, 9.17) is 14.2 Å². The van der Waals surface area contributed by atoms with Crippen molar-refractivity contribution < 1.29 is 19.0 Å². The Kier molecular flexibility index (Phi) is 4.65. The van der Waals surface area contributed by atoms with Crippen molar-refractivity contribution in [2.45, 2.75) is 6.92 Å². The molecule has 3 rings (SSSR count). The lowest BCUT2D eigenvalue weighted by Crippen LogP contribution is -2.15. The highest BCUT2D eigenvalue weighted by Crippen LogP contribution is 2.37. The smallest absolute Gasteiger partial charge is 0.344 e. The monoisotopic (exact) mass is 326 g/mol. The molecule has 1 heterocycles. The van der Waals surface area contributed by atoms with Gasteiger partial charge in [0.05, 0.1) is 30.3 Å². The number of esters is 1. The maximum absolute atomic E-state index is 11.6. The van der Waals surface area contributed by atoms with E-state index < -0.39 is 5.97 Å². The maximum atomic E-state index is 11.6. The number of benzene rings is 2. The number of aromatic amines is 1. The van der Waals surface area contributed by atoms with E-state index in [2.05, 4.69) is 9.97 Å². The van der Waals surface area contributed by atoms with E-state index >= 15 is 0 Å². The number of fused-ring (bicyclic) bond motifs is 1. The number of ether oxygens (including phenoxy) is 3. The van der Waals surface area contributed by atoms with Gasteiger partial charge in [-0.15, -0.1) is 0 Å². The van der Waals surface area contributed by atoms with Crippen LogP contribution in [-0.4, -0.2) is 36.3 Å². The average Bonchev–Trinajstić information content (AvgIpc) is 3.03. The van der Waals surface area contributed by atoms with E-state index in [9.17, 15) is 4.79 Å². The summed E-state index contributed by atoms with van der Waals surface area (Å²) in [6, 6.07) is 13.2. The Labute approximate surface area is 139 Å².